The van der Waals surface area contributed by atoms with Crippen LogP contribution in [0.5, 0.6) is 5.75 Å². The van der Waals surface area contributed by atoms with Crippen molar-refractivity contribution in [1.29, 1.82) is 0 Å². The molecule has 2 rings (SSSR count). The van der Waals surface area contributed by atoms with Crippen LogP contribution in [0.1, 0.15) is 25.3 Å². The Bertz CT molecular complexity index is 394. The highest BCUT2D eigenvalue weighted by Gasteiger charge is 2.54. The van der Waals surface area contributed by atoms with Crippen LogP contribution in [0.2, 0.25) is 0 Å². The van der Waals surface area contributed by atoms with Gasteiger partial charge in [-0.25, -0.2) is 0 Å². The van der Waals surface area contributed by atoms with Crippen LogP contribution < -0.4 is 4.74 Å². The monoisotopic (exact) mass is 220 g/mol. The molecule has 0 bridgehead atoms. The van der Waals surface area contributed by atoms with E-state index in [1.54, 1.807) is 0 Å². The number of hydrogen-bond acceptors (Lipinski definition) is 3. The van der Waals surface area contributed by atoms with Crippen molar-refractivity contribution in [1.82, 2.24) is 0 Å². The average molecular weight is 220 g/mol. The second kappa shape index (κ2) is 4.16. The zero-order chi connectivity index (χ0) is 11.6. The summed E-state index contributed by atoms with van der Waals surface area (Å²) in [6, 6.07) is 7.71. The maximum atomic E-state index is 11.8. The van der Waals surface area contributed by atoms with E-state index in [0.717, 1.165) is 24.2 Å². The molecule has 0 spiro atoms. The number of para-hydroxylation sites is 1. The lowest BCUT2D eigenvalue weighted by Crippen LogP contribution is -2.22. The van der Waals surface area contributed by atoms with Crippen molar-refractivity contribution in [3.63, 3.8) is 0 Å². The minimum Gasteiger partial charge on any atom is -0.494 e. The van der Waals surface area contributed by atoms with Gasteiger partial charge < -0.3 is 9.47 Å². The molecule has 0 N–H and O–H groups in total. The van der Waals surface area contributed by atoms with Crippen molar-refractivity contribution in [3.05, 3.63) is 29.8 Å². The van der Waals surface area contributed by atoms with E-state index < -0.39 is 5.41 Å². The summed E-state index contributed by atoms with van der Waals surface area (Å²) in [7, 11) is 1.44. The molecule has 0 heterocycles. The highest BCUT2D eigenvalue weighted by atomic mass is 16.5. The minimum absolute atomic E-state index is 0.153. The fraction of sp³-hybridized carbons (Fsp3) is 0.462. The van der Waals surface area contributed by atoms with Gasteiger partial charge in [-0.2, -0.15) is 0 Å². The van der Waals surface area contributed by atoms with Crippen LogP contribution in [0, 0.1) is 0 Å². The van der Waals surface area contributed by atoms with Gasteiger partial charge in [0, 0.05) is 5.56 Å². The van der Waals surface area contributed by atoms with E-state index in [0.29, 0.717) is 6.61 Å². The number of carbonyl (C=O) groups excluding carboxylic acids is 1. The van der Waals surface area contributed by atoms with Gasteiger partial charge in [0.2, 0.25) is 0 Å². The average Bonchev–Trinajstić information content (AvgIpc) is 3.10. The normalized spacial score (nSPS) is 16.6. The third-order valence-corrected chi connectivity index (χ3v) is 3.03. The van der Waals surface area contributed by atoms with Gasteiger partial charge in [-0.3, -0.25) is 4.79 Å². The Morgan fingerprint density at radius 2 is 2.06 bits per heavy atom. The summed E-state index contributed by atoms with van der Waals surface area (Å²) in [5, 5.41) is 0. The Labute approximate surface area is 95.4 Å². The summed E-state index contributed by atoms with van der Waals surface area (Å²) in [6.07, 6.45) is 1.70. The van der Waals surface area contributed by atoms with E-state index in [9.17, 15) is 4.79 Å². The Morgan fingerprint density at radius 3 is 2.62 bits per heavy atom. The van der Waals surface area contributed by atoms with E-state index in [1.807, 2.05) is 31.2 Å². The number of ether oxygens (including phenoxy) is 2. The van der Waals surface area contributed by atoms with Crippen LogP contribution in [0.3, 0.4) is 0 Å². The van der Waals surface area contributed by atoms with Gasteiger partial charge >= 0.3 is 5.97 Å². The summed E-state index contributed by atoms with van der Waals surface area (Å²) < 4.78 is 10.4. The van der Waals surface area contributed by atoms with Crippen LogP contribution in [-0.2, 0) is 14.9 Å². The highest BCUT2D eigenvalue weighted by molar-refractivity contribution is 5.87. The number of esters is 1. The number of hydrogen-bond donors (Lipinski definition) is 0. The predicted molar refractivity (Wildman–Crippen MR) is 60.5 cm³/mol. The Morgan fingerprint density at radius 1 is 1.38 bits per heavy atom. The molecule has 1 aliphatic carbocycles. The van der Waals surface area contributed by atoms with Crippen molar-refractivity contribution in [2.75, 3.05) is 13.7 Å². The van der Waals surface area contributed by atoms with Gasteiger partial charge in [0.25, 0.3) is 0 Å². The third kappa shape index (κ3) is 1.66. The maximum absolute atomic E-state index is 11.8. The Balaban J connectivity index is 2.36. The van der Waals surface area contributed by atoms with Gasteiger partial charge in [0.05, 0.1) is 19.1 Å². The van der Waals surface area contributed by atoms with Gasteiger partial charge in [0.15, 0.2) is 0 Å². The molecule has 0 saturated heterocycles. The minimum atomic E-state index is -0.444. The second-order valence-electron chi connectivity index (χ2n) is 4.00. The first-order chi connectivity index (χ1) is 7.74. The zero-order valence-corrected chi connectivity index (χ0v) is 9.66. The molecular formula is C13H16O3. The molecule has 1 aliphatic rings. The van der Waals surface area contributed by atoms with Crippen LogP contribution in [-0.4, -0.2) is 19.7 Å². The first-order valence-electron chi connectivity index (χ1n) is 5.55. The summed E-state index contributed by atoms with van der Waals surface area (Å²) in [5.74, 6) is 0.646. The lowest BCUT2D eigenvalue weighted by atomic mass is 9.95. The SMILES string of the molecule is CCOc1ccccc1C1(C(=O)OC)CC1. The Kier molecular flexibility index (Phi) is 2.86. The topological polar surface area (TPSA) is 35.5 Å². The maximum Gasteiger partial charge on any atom is 0.316 e. The van der Waals surface area contributed by atoms with Crippen molar-refractivity contribution < 1.29 is 14.3 Å². The molecular weight excluding hydrogens is 204 g/mol. The quantitative estimate of drug-likeness (QED) is 0.730. The van der Waals surface area contributed by atoms with Crippen LogP contribution in [0.15, 0.2) is 24.3 Å². The molecule has 16 heavy (non-hydrogen) atoms. The molecule has 3 nitrogen and oxygen atoms in total. The highest BCUT2D eigenvalue weighted by Crippen LogP contribution is 2.52. The van der Waals surface area contributed by atoms with Gasteiger partial charge in [-0.1, -0.05) is 18.2 Å². The summed E-state index contributed by atoms with van der Waals surface area (Å²) in [5.41, 5.74) is 0.518. The van der Waals surface area contributed by atoms with Crippen molar-refractivity contribution in [3.8, 4) is 5.75 Å². The van der Waals surface area contributed by atoms with Crippen molar-refractivity contribution in [2.45, 2.75) is 25.2 Å². The number of methoxy groups -OCH3 is 1. The molecule has 1 saturated carbocycles. The number of benzene rings is 1. The molecule has 0 atom stereocenters. The van der Waals surface area contributed by atoms with Crippen LogP contribution >= 0.6 is 0 Å². The zero-order valence-electron chi connectivity index (χ0n) is 9.66. The Hall–Kier alpha value is -1.51. The molecule has 3 heteroatoms. The van der Waals surface area contributed by atoms with E-state index in [4.69, 9.17) is 9.47 Å². The second-order valence-corrected chi connectivity index (χ2v) is 4.00. The molecule has 1 fully saturated rings. The molecule has 0 aromatic heterocycles. The lowest BCUT2D eigenvalue weighted by molar-refractivity contribution is -0.143. The standard InChI is InChI=1S/C13H16O3/c1-3-16-11-7-5-4-6-10(11)13(8-9-13)12(14)15-2/h4-7H,3,8-9H2,1-2H3. The fourth-order valence-electron chi connectivity index (χ4n) is 2.05. The van der Waals surface area contributed by atoms with Crippen LogP contribution in [0.4, 0.5) is 0 Å². The summed E-state index contributed by atoms with van der Waals surface area (Å²) in [6.45, 7) is 2.54. The third-order valence-electron chi connectivity index (χ3n) is 3.03. The number of rotatable bonds is 4. The van der Waals surface area contributed by atoms with E-state index in [2.05, 4.69) is 0 Å². The largest absolute Gasteiger partial charge is 0.494 e. The van der Waals surface area contributed by atoms with E-state index in [1.165, 1.54) is 7.11 Å². The molecule has 0 radical (unpaired) electrons. The molecule has 1 aromatic rings. The van der Waals surface area contributed by atoms with Gasteiger partial charge in [-0.15, -0.1) is 0 Å². The molecule has 0 unspecified atom stereocenters. The van der Waals surface area contributed by atoms with Crippen LogP contribution in [0.25, 0.3) is 0 Å². The van der Waals surface area contributed by atoms with E-state index >= 15 is 0 Å². The van der Waals surface area contributed by atoms with E-state index in [-0.39, 0.29) is 5.97 Å². The molecule has 0 amide bonds. The lowest BCUT2D eigenvalue weighted by Gasteiger charge is -2.17. The molecule has 1 aromatic carbocycles. The molecule has 0 aliphatic heterocycles. The predicted octanol–water partition coefficient (Wildman–Crippen LogP) is 2.29. The van der Waals surface area contributed by atoms with Gasteiger partial charge in [-0.05, 0) is 25.8 Å². The first kappa shape index (κ1) is 11.0. The van der Waals surface area contributed by atoms with Gasteiger partial charge in [0.1, 0.15) is 5.75 Å². The molecule has 86 valence electrons. The summed E-state index contributed by atoms with van der Waals surface area (Å²) in [4.78, 5) is 11.8. The summed E-state index contributed by atoms with van der Waals surface area (Å²) >= 11 is 0. The van der Waals surface area contributed by atoms with Crippen molar-refractivity contribution in [2.24, 2.45) is 0 Å². The first-order valence-corrected chi connectivity index (χ1v) is 5.55. The number of carbonyl (C=O) groups is 1. The smallest absolute Gasteiger partial charge is 0.316 e. The fourth-order valence-corrected chi connectivity index (χ4v) is 2.05. The van der Waals surface area contributed by atoms with Crippen molar-refractivity contribution >= 4 is 5.97 Å².